The van der Waals surface area contributed by atoms with Crippen LogP contribution in [0, 0.1) is 0 Å². The van der Waals surface area contributed by atoms with Gasteiger partial charge in [0, 0.05) is 0 Å². The van der Waals surface area contributed by atoms with E-state index in [1.165, 1.54) is 0 Å². The lowest BCUT2D eigenvalue weighted by Crippen LogP contribution is -1.74. The van der Waals surface area contributed by atoms with Gasteiger partial charge in [-0.2, -0.15) is 0 Å². The van der Waals surface area contributed by atoms with Crippen LogP contribution in [0.3, 0.4) is 0 Å². The Balaban J connectivity index is 4.03. The highest BCUT2D eigenvalue weighted by molar-refractivity contribution is 5.36. The van der Waals surface area contributed by atoms with Gasteiger partial charge < -0.3 is 0 Å². The second-order valence-electron chi connectivity index (χ2n) is 2.49. The van der Waals surface area contributed by atoms with Crippen LogP contribution in [-0.2, 0) is 0 Å². The van der Waals surface area contributed by atoms with Gasteiger partial charge in [-0.3, -0.25) is 0 Å². The predicted molar refractivity (Wildman–Crippen MR) is 47.9 cm³/mol. The molecule has 0 aliphatic rings. The fourth-order valence-electron chi connectivity index (χ4n) is 0.385. The van der Waals surface area contributed by atoms with E-state index >= 15 is 0 Å². The van der Waals surface area contributed by atoms with Crippen LogP contribution in [0.2, 0.25) is 0 Å². The van der Waals surface area contributed by atoms with Crippen LogP contribution in [0.5, 0.6) is 0 Å². The molecule has 0 fully saturated rings. The first kappa shape index (κ1) is 8.96. The molecule has 0 saturated heterocycles. The zero-order valence-electron chi connectivity index (χ0n) is 6.78. The number of rotatable bonds is 3. The number of hydrogen-bond donors (Lipinski definition) is 0. The average molecular weight is 134 g/mol. The SMILES string of the molecule is C=C(C)/C=C\C(=C)C(=C)C. The lowest BCUT2D eigenvalue weighted by atomic mass is 10.1. The summed E-state index contributed by atoms with van der Waals surface area (Å²) in [6.07, 6.45) is 3.85. The Kier molecular flexibility index (Phi) is 3.48. The summed E-state index contributed by atoms with van der Waals surface area (Å²) in [5.74, 6) is 0. The molecule has 0 aliphatic carbocycles. The Morgan fingerprint density at radius 2 is 1.50 bits per heavy atom. The van der Waals surface area contributed by atoms with Gasteiger partial charge in [0.15, 0.2) is 0 Å². The van der Waals surface area contributed by atoms with Crippen molar-refractivity contribution >= 4 is 0 Å². The van der Waals surface area contributed by atoms with Crippen molar-refractivity contribution in [2.75, 3.05) is 0 Å². The third-order valence-corrected chi connectivity index (χ3v) is 1.12. The van der Waals surface area contributed by atoms with E-state index in [0.29, 0.717) is 0 Å². The summed E-state index contributed by atoms with van der Waals surface area (Å²) >= 11 is 0. The molecule has 0 aliphatic heterocycles. The molecule has 0 aromatic carbocycles. The maximum atomic E-state index is 3.80. The maximum absolute atomic E-state index is 3.80. The molecule has 0 spiro atoms. The molecule has 0 rings (SSSR count). The summed E-state index contributed by atoms with van der Waals surface area (Å²) in [6.45, 7) is 15.2. The summed E-state index contributed by atoms with van der Waals surface area (Å²) in [4.78, 5) is 0. The maximum Gasteiger partial charge on any atom is -0.0305 e. The van der Waals surface area contributed by atoms with Gasteiger partial charge in [0.2, 0.25) is 0 Å². The minimum absolute atomic E-state index is 0.961. The first-order valence-electron chi connectivity index (χ1n) is 3.22. The average Bonchev–Trinajstić information content (AvgIpc) is 1.82. The van der Waals surface area contributed by atoms with Gasteiger partial charge in [-0.15, -0.1) is 0 Å². The molecule has 0 N–H and O–H groups in total. The molecular weight excluding hydrogens is 120 g/mol. The molecule has 0 heterocycles. The van der Waals surface area contributed by atoms with Gasteiger partial charge in [-0.1, -0.05) is 43.0 Å². The first-order valence-corrected chi connectivity index (χ1v) is 3.22. The van der Waals surface area contributed by atoms with E-state index in [1.807, 2.05) is 26.0 Å². The van der Waals surface area contributed by atoms with Crippen molar-refractivity contribution in [1.29, 1.82) is 0 Å². The van der Waals surface area contributed by atoms with E-state index in [-0.39, 0.29) is 0 Å². The second kappa shape index (κ2) is 3.89. The molecule has 0 saturated carbocycles. The van der Waals surface area contributed by atoms with E-state index in [0.717, 1.165) is 16.7 Å². The van der Waals surface area contributed by atoms with Crippen molar-refractivity contribution in [2.24, 2.45) is 0 Å². The molecule has 0 atom stereocenters. The van der Waals surface area contributed by atoms with Gasteiger partial charge in [-0.25, -0.2) is 0 Å². The summed E-state index contributed by atoms with van der Waals surface area (Å²) in [5, 5.41) is 0. The van der Waals surface area contributed by atoms with Gasteiger partial charge in [0.25, 0.3) is 0 Å². The van der Waals surface area contributed by atoms with Crippen LogP contribution in [0.25, 0.3) is 0 Å². The van der Waals surface area contributed by atoms with Crippen molar-refractivity contribution < 1.29 is 0 Å². The normalized spacial score (nSPS) is 9.80. The molecule has 0 nitrogen and oxygen atoms in total. The van der Waals surface area contributed by atoms with Crippen molar-refractivity contribution in [3.05, 3.63) is 48.6 Å². The summed E-state index contributed by atoms with van der Waals surface area (Å²) in [7, 11) is 0. The molecule has 0 radical (unpaired) electrons. The molecule has 0 aromatic heterocycles. The smallest absolute Gasteiger partial charge is 0.0305 e. The van der Waals surface area contributed by atoms with Crippen LogP contribution in [0.1, 0.15) is 13.8 Å². The zero-order valence-corrected chi connectivity index (χ0v) is 6.78. The molecular formula is C10H14. The van der Waals surface area contributed by atoms with E-state index in [1.54, 1.807) is 0 Å². The highest BCUT2D eigenvalue weighted by Crippen LogP contribution is 2.05. The monoisotopic (exact) mass is 134 g/mol. The standard InChI is InChI=1S/C10H14/c1-8(2)6-7-10(5)9(3)4/h6-7H,1,3,5H2,2,4H3/b7-6-. The van der Waals surface area contributed by atoms with Gasteiger partial charge in [-0.05, 0) is 19.4 Å². The molecule has 0 unspecified atom stereocenters. The van der Waals surface area contributed by atoms with Crippen LogP contribution in [0.15, 0.2) is 48.6 Å². The minimum atomic E-state index is 0.961. The highest BCUT2D eigenvalue weighted by Gasteiger charge is 1.85. The topological polar surface area (TPSA) is 0 Å². The summed E-state index contributed by atoms with van der Waals surface area (Å²) < 4.78 is 0. The van der Waals surface area contributed by atoms with Crippen LogP contribution < -0.4 is 0 Å². The van der Waals surface area contributed by atoms with E-state index in [4.69, 9.17) is 0 Å². The van der Waals surface area contributed by atoms with Gasteiger partial charge in [0.1, 0.15) is 0 Å². The lowest BCUT2D eigenvalue weighted by Gasteiger charge is -1.94. The molecule has 0 bridgehead atoms. The molecule has 0 heteroatoms. The third kappa shape index (κ3) is 3.90. The van der Waals surface area contributed by atoms with Crippen molar-refractivity contribution in [3.63, 3.8) is 0 Å². The number of allylic oxidation sites excluding steroid dienone is 5. The Morgan fingerprint density at radius 3 is 1.80 bits per heavy atom. The van der Waals surface area contributed by atoms with Gasteiger partial charge >= 0.3 is 0 Å². The van der Waals surface area contributed by atoms with Crippen LogP contribution in [0.4, 0.5) is 0 Å². The molecule has 10 heavy (non-hydrogen) atoms. The van der Waals surface area contributed by atoms with Gasteiger partial charge in [0.05, 0.1) is 0 Å². The predicted octanol–water partition coefficient (Wildman–Crippen LogP) is 3.25. The highest BCUT2D eigenvalue weighted by atomic mass is 13.9. The Hall–Kier alpha value is -1.04. The van der Waals surface area contributed by atoms with E-state index in [2.05, 4.69) is 19.7 Å². The first-order chi connectivity index (χ1) is 4.54. The number of hydrogen-bond acceptors (Lipinski definition) is 0. The molecule has 0 amide bonds. The van der Waals surface area contributed by atoms with Crippen LogP contribution in [-0.4, -0.2) is 0 Å². The van der Waals surface area contributed by atoms with Crippen molar-refractivity contribution in [1.82, 2.24) is 0 Å². The Morgan fingerprint density at radius 1 is 1.00 bits per heavy atom. The fourth-order valence-corrected chi connectivity index (χ4v) is 0.385. The summed E-state index contributed by atoms with van der Waals surface area (Å²) in [5.41, 5.74) is 2.99. The Bertz CT molecular complexity index is 192. The Labute approximate surface area is 63.3 Å². The second-order valence-corrected chi connectivity index (χ2v) is 2.49. The van der Waals surface area contributed by atoms with E-state index in [9.17, 15) is 0 Å². The summed E-state index contributed by atoms with van der Waals surface area (Å²) in [6, 6.07) is 0. The zero-order chi connectivity index (χ0) is 8.15. The minimum Gasteiger partial charge on any atom is -0.0961 e. The quantitative estimate of drug-likeness (QED) is 0.520. The van der Waals surface area contributed by atoms with Crippen molar-refractivity contribution in [3.8, 4) is 0 Å². The fraction of sp³-hybridized carbons (Fsp3) is 0.200. The van der Waals surface area contributed by atoms with Crippen LogP contribution >= 0.6 is 0 Å². The third-order valence-electron chi connectivity index (χ3n) is 1.12. The molecule has 54 valence electrons. The van der Waals surface area contributed by atoms with E-state index < -0.39 is 0 Å². The largest absolute Gasteiger partial charge is 0.0961 e. The van der Waals surface area contributed by atoms with Crippen molar-refractivity contribution in [2.45, 2.75) is 13.8 Å². The lowest BCUT2D eigenvalue weighted by molar-refractivity contribution is 1.45. The molecule has 0 aromatic rings.